The summed E-state index contributed by atoms with van der Waals surface area (Å²) in [5.41, 5.74) is 2.45. The maximum atomic E-state index is 9.75. The zero-order valence-electron chi connectivity index (χ0n) is 9.90. The van der Waals surface area contributed by atoms with Gasteiger partial charge in [-0.2, -0.15) is 0 Å². The number of rotatable bonds is 3. The van der Waals surface area contributed by atoms with Crippen molar-refractivity contribution in [2.45, 2.75) is 25.5 Å². The van der Waals surface area contributed by atoms with E-state index in [1.165, 1.54) is 32.6 Å². The second-order valence-electron chi connectivity index (χ2n) is 4.29. The first-order valence-corrected chi connectivity index (χ1v) is 7.34. The number of benzene rings is 2. The number of hydrogen-bond acceptors (Lipinski definition) is 1. The van der Waals surface area contributed by atoms with Crippen molar-refractivity contribution in [2.24, 2.45) is 0 Å². The first-order valence-electron chi connectivity index (χ1n) is 5.92. The van der Waals surface area contributed by atoms with Crippen LogP contribution in [0.25, 0.3) is 10.8 Å². The van der Waals surface area contributed by atoms with Crippen molar-refractivity contribution in [3.63, 3.8) is 0 Å². The molecule has 0 aliphatic carbocycles. The van der Waals surface area contributed by atoms with Crippen molar-refractivity contribution >= 4 is 21.0 Å². The van der Waals surface area contributed by atoms with E-state index in [2.05, 4.69) is 30.3 Å². The lowest BCUT2D eigenvalue weighted by atomic mass is 9.96. The lowest BCUT2D eigenvalue weighted by molar-refractivity contribution is 0.201. The van der Waals surface area contributed by atoms with Gasteiger partial charge >= 0.3 is 0 Å². The largest absolute Gasteiger partial charge is 0.389 e. The van der Waals surface area contributed by atoms with E-state index in [-0.39, 0.29) is 0 Å². The fraction of sp³-hybridized carbons (Fsp3) is 0.286. The SMILES string of the molecule is CC(O)c1ccc(CC[SiH3])c2ccccc12. The quantitative estimate of drug-likeness (QED) is 0.802. The summed E-state index contributed by atoms with van der Waals surface area (Å²) in [5.74, 6) is 0. The molecule has 2 rings (SSSR count). The van der Waals surface area contributed by atoms with Crippen molar-refractivity contribution in [3.8, 4) is 0 Å². The van der Waals surface area contributed by atoms with Gasteiger partial charge in [-0.3, -0.25) is 0 Å². The van der Waals surface area contributed by atoms with Gasteiger partial charge in [0.05, 0.1) is 6.10 Å². The molecule has 0 amide bonds. The average molecular weight is 230 g/mol. The zero-order chi connectivity index (χ0) is 11.5. The van der Waals surface area contributed by atoms with Crippen LogP contribution in [0.2, 0.25) is 6.04 Å². The maximum absolute atomic E-state index is 9.75. The molecule has 0 spiro atoms. The van der Waals surface area contributed by atoms with E-state index in [1.807, 2.05) is 13.0 Å². The summed E-state index contributed by atoms with van der Waals surface area (Å²) in [6.45, 7) is 1.83. The summed E-state index contributed by atoms with van der Waals surface area (Å²) in [6.07, 6.45) is 0.766. The standard InChI is InChI=1S/C14H18OSi/c1-10(15)12-7-6-11(8-9-16)13-4-2-3-5-14(12)13/h2-7,10,15H,8-9H2,1,16H3. The summed E-state index contributed by atoms with van der Waals surface area (Å²) in [4.78, 5) is 0. The van der Waals surface area contributed by atoms with Crippen molar-refractivity contribution < 1.29 is 5.11 Å². The molecule has 1 N–H and O–H groups in total. The smallest absolute Gasteiger partial charge is 0.0767 e. The third kappa shape index (κ3) is 2.03. The highest BCUT2D eigenvalue weighted by Gasteiger charge is 2.08. The fourth-order valence-electron chi connectivity index (χ4n) is 2.24. The number of aliphatic hydroxyl groups excluding tert-OH is 1. The fourth-order valence-corrected chi connectivity index (χ4v) is 2.78. The van der Waals surface area contributed by atoms with Crippen LogP contribution in [0.5, 0.6) is 0 Å². The van der Waals surface area contributed by atoms with E-state index in [9.17, 15) is 5.11 Å². The highest BCUT2D eigenvalue weighted by molar-refractivity contribution is 6.08. The van der Waals surface area contributed by atoms with Crippen LogP contribution in [0.15, 0.2) is 36.4 Å². The maximum Gasteiger partial charge on any atom is 0.0767 e. The molecule has 0 aliphatic heterocycles. The molecule has 0 saturated heterocycles. The summed E-state index contributed by atoms with van der Waals surface area (Å²) >= 11 is 0. The molecule has 2 aromatic rings. The van der Waals surface area contributed by atoms with Gasteiger partial charge in [-0.15, -0.1) is 0 Å². The van der Waals surface area contributed by atoms with Gasteiger partial charge in [0.15, 0.2) is 0 Å². The average Bonchev–Trinajstić information content (AvgIpc) is 2.29. The van der Waals surface area contributed by atoms with Gasteiger partial charge in [0.25, 0.3) is 0 Å². The van der Waals surface area contributed by atoms with Crippen LogP contribution in [0, 0.1) is 0 Å². The third-order valence-electron chi connectivity index (χ3n) is 3.02. The first-order chi connectivity index (χ1) is 7.74. The van der Waals surface area contributed by atoms with E-state index < -0.39 is 6.10 Å². The Morgan fingerprint density at radius 2 is 1.81 bits per heavy atom. The Morgan fingerprint density at radius 1 is 1.12 bits per heavy atom. The second kappa shape index (κ2) is 4.81. The van der Waals surface area contributed by atoms with Crippen molar-refractivity contribution in [2.75, 3.05) is 0 Å². The molecular formula is C14H18OSi. The molecule has 0 aliphatic rings. The second-order valence-corrected chi connectivity index (χ2v) is 5.29. The Bertz CT molecular complexity index is 491. The lowest BCUT2D eigenvalue weighted by Gasteiger charge is -2.12. The van der Waals surface area contributed by atoms with Gasteiger partial charge in [-0.1, -0.05) is 42.4 Å². The van der Waals surface area contributed by atoms with Crippen LogP contribution in [0.4, 0.5) is 0 Å². The number of fused-ring (bicyclic) bond motifs is 1. The van der Waals surface area contributed by atoms with Gasteiger partial charge in [0.2, 0.25) is 0 Å². The number of aliphatic hydroxyl groups is 1. The van der Waals surface area contributed by atoms with Crippen LogP contribution >= 0.6 is 0 Å². The van der Waals surface area contributed by atoms with Crippen molar-refractivity contribution in [1.82, 2.24) is 0 Å². The Hall–Kier alpha value is -1.12. The minimum Gasteiger partial charge on any atom is -0.389 e. The van der Waals surface area contributed by atoms with Crippen LogP contribution < -0.4 is 0 Å². The molecule has 1 atom stereocenters. The molecule has 0 saturated carbocycles. The molecule has 0 bridgehead atoms. The topological polar surface area (TPSA) is 20.2 Å². The molecule has 2 aromatic carbocycles. The van der Waals surface area contributed by atoms with Gasteiger partial charge in [0, 0.05) is 10.2 Å². The van der Waals surface area contributed by atoms with Crippen LogP contribution in [-0.4, -0.2) is 15.3 Å². The molecule has 0 aromatic heterocycles. The third-order valence-corrected chi connectivity index (χ3v) is 3.52. The summed E-state index contributed by atoms with van der Waals surface area (Å²) in [7, 11) is 1.25. The predicted molar refractivity (Wildman–Crippen MR) is 73.0 cm³/mol. The van der Waals surface area contributed by atoms with E-state index in [4.69, 9.17) is 0 Å². The molecule has 1 unspecified atom stereocenters. The zero-order valence-corrected chi connectivity index (χ0v) is 11.9. The van der Waals surface area contributed by atoms with Crippen LogP contribution in [0.3, 0.4) is 0 Å². The molecule has 0 fully saturated rings. The predicted octanol–water partition coefficient (Wildman–Crippen LogP) is 2.22. The molecular weight excluding hydrogens is 212 g/mol. The monoisotopic (exact) mass is 230 g/mol. The van der Waals surface area contributed by atoms with E-state index in [1.54, 1.807) is 0 Å². The summed E-state index contributed by atoms with van der Waals surface area (Å²) in [5, 5.41) is 12.3. The molecule has 84 valence electrons. The van der Waals surface area contributed by atoms with Crippen molar-refractivity contribution in [1.29, 1.82) is 0 Å². The number of aryl methyl sites for hydroxylation is 1. The van der Waals surface area contributed by atoms with E-state index >= 15 is 0 Å². The van der Waals surface area contributed by atoms with E-state index in [0.717, 1.165) is 12.0 Å². The van der Waals surface area contributed by atoms with Crippen LogP contribution in [0.1, 0.15) is 24.2 Å². The molecule has 16 heavy (non-hydrogen) atoms. The van der Waals surface area contributed by atoms with Gasteiger partial charge in [0.1, 0.15) is 0 Å². The molecule has 2 heteroatoms. The molecule has 0 radical (unpaired) electrons. The summed E-state index contributed by atoms with van der Waals surface area (Å²) in [6, 6.07) is 13.9. The van der Waals surface area contributed by atoms with Gasteiger partial charge in [-0.25, -0.2) is 0 Å². The highest BCUT2D eigenvalue weighted by atomic mass is 28.1. The first kappa shape index (κ1) is 11.4. The van der Waals surface area contributed by atoms with E-state index in [0.29, 0.717) is 0 Å². The minimum absolute atomic E-state index is 0.394. The Labute approximate surface area is 99.5 Å². The number of hydrogen-bond donors (Lipinski definition) is 1. The Balaban J connectivity index is 2.67. The van der Waals surface area contributed by atoms with Crippen LogP contribution in [-0.2, 0) is 6.42 Å². The van der Waals surface area contributed by atoms with Crippen molar-refractivity contribution in [3.05, 3.63) is 47.5 Å². The lowest BCUT2D eigenvalue weighted by Crippen LogP contribution is -1.95. The Kier molecular flexibility index (Phi) is 3.41. The Morgan fingerprint density at radius 3 is 2.44 bits per heavy atom. The normalized spacial score (nSPS) is 13.1. The van der Waals surface area contributed by atoms with Gasteiger partial charge in [-0.05, 0) is 35.2 Å². The highest BCUT2D eigenvalue weighted by Crippen LogP contribution is 2.27. The summed E-state index contributed by atoms with van der Waals surface area (Å²) < 4.78 is 0. The van der Waals surface area contributed by atoms with Gasteiger partial charge < -0.3 is 5.11 Å². The molecule has 1 nitrogen and oxygen atoms in total. The molecule has 0 heterocycles. The minimum atomic E-state index is -0.394.